The van der Waals surface area contributed by atoms with Crippen LogP contribution in [0.1, 0.15) is 6.92 Å². The molecule has 0 aromatic rings. The summed E-state index contributed by atoms with van der Waals surface area (Å²) in [5, 5.41) is 268. The van der Waals surface area contributed by atoms with Crippen molar-refractivity contribution in [2.45, 2.75) is 172 Å². The predicted molar refractivity (Wildman–Crippen MR) is 345 cm³/mol. The van der Waals surface area contributed by atoms with Gasteiger partial charge in [-0.2, -0.15) is 0 Å². The fourth-order valence-corrected chi connectivity index (χ4v) is 11.0. The van der Waals surface area contributed by atoms with Gasteiger partial charge in [0, 0.05) is 77.9 Å². The maximum Gasteiger partial charge on any atom is 3.00 e. The summed E-state index contributed by atoms with van der Waals surface area (Å²) in [5.41, 5.74) is 0. The topological polar surface area (TPSA) is 820 Å². The van der Waals surface area contributed by atoms with E-state index < -0.39 is 299 Å². The first-order valence-corrected chi connectivity index (χ1v) is 33.8. The van der Waals surface area contributed by atoms with Crippen LogP contribution in [0, 0.1) is 45.9 Å². The second-order valence-electron chi connectivity index (χ2n) is 25.3. The number of hydrogen-bond donors (Lipinski definition) is 25. The molecule has 4 heterocycles. The van der Waals surface area contributed by atoms with Crippen LogP contribution >= 0.6 is 0 Å². The van der Waals surface area contributed by atoms with Gasteiger partial charge >= 0.3 is 39.9 Å². The zero-order chi connectivity index (χ0) is 81.5. The number of carbonyl (C=O) groups excluding carboxylic acids is 7. The van der Waals surface area contributed by atoms with Gasteiger partial charge < -0.3 is 211 Å². The molecule has 24 unspecified atom stereocenters. The molecule has 111 heavy (non-hydrogen) atoms. The van der Waals surface area contributed by atoms with E-state index >= 15 is 0 Å². The molecule has 4 amide bonds. The molecule has 0 aromatic heterocycles. The average Bonchev–Trinajstić information content (AvgIpc) is 0.787. The Morgan fingerprint density at radius 3 is 1.10 bits per heavy atom. The number of amides is 4. The first-order chi connectivity index (χ1) is 51.6. The van der Waals surface area contributed by atoms with Crippen molar-refractivity contribution >= 4 is 54.0 Å². The van der Waals surface area contributed by atoms with Crippen LogP contribution in [0.5, 0.6) is 0 Å². The van der Waals surface area contributed by atoms with Gasteiger partial charge in [-0.3, -0.25) is 33.9 Å². The number of carboxylic acids is 3. The summed E-state index contributed by atoms with van der Waals surface area (Å²) in [5.74, 6) is -9.45. The number of aliphatic hydroxyl groups excluding tert-OH is 21. The monoisotopic (exact) mass is 1770 g/mol. The van der Waals surface area contributed by atoms with E-state index in [0.29, 0.717) is 12.4 Å². The number of nitrogens with zero attached hydrogens (tertiary/aromatic N) is 5. The number of aliphatic hydroxyl groups is 21. The van der Waals surface area contributed by atoms with Crippen LogP contribution in [-0.4, -0.2) is 485 Å². The van der Waals surface area contributed by atoms with Gasteiger partial charge in [-0.05, 0) is 0 Å². The summed E-state index contributed by atoms with van der Waals surface area (Å²) in [4.78, 5) is 98.5. The van der Waals surface area contributed by atoms with E-state index in [4.69, 9.17) is 47.6 Å². The molecule has 28 atom stereocenters. The van der Waals surface area contributed by atoms with Gasteiger partial charge in [0.15, 0.2) is 38.4 Å². The largest absolute Gasteiger partial charge is 3.00 e. The van der Waals surface area contributed by atoms with Crippen molar-refractivity contribution in [2.24, 2.45) is 16.2 Å². The summed E-state index contributed by atoms with van der Waals surface area (Å²) >= 11 is 0. The molecule has 4 saturated heterocycles. The van der Waals surface area contributed by atoms with Gasteiger partial charge in [-0.25, -0.2) is 0 Å². The number of carboxylic acid groups (broad SMARTS) is 3. The maximum absolute atomic E-state index is 12.9. The van der Waals surface area contributed by atoms with Crippen LogP contribution in [0.15, 0.2) is 10.3 Å². The third kappa shape index (κ3) is 32.7. The van der Waals surface area contributed by atoms with Crippen molar-refractivity contribution in [3.63, 3.8) is 0 Å². The van der Waals surface area contributed by atoms with Gasteiger partial charge in [-0.1, -0.05) is 17.2 Å². The average molecular weight is 1770 g/mol. The minimum absolute atomic E-state index is 0. The summed E-state index contributed by atoms with van der Waals surface area (Å²) in [7, 11) is 0. The zero-order valence-corrected chi connectivity index (χ0v) is 61.6. The van der Waals surface area contributed by atoms with E-state index in [9.17, 15) is 156 Å². The van der Waals surface area contributed by atoms with Crippen molar-refractivity contribution in [2.75, 3.05) is 138 Å². The SMILES string of the molecule is CC1C(O[C@H](C(O)CO)[C@@H](O)C(O)/C=N/OCC(=O)NCCNC(=O)CN(CCN(CCN(CC(=O)[O-])CC(=O)NCCNC(=O)CO/N=C/C(O)[C@H](O)[C@H](OC2OC(CO)C(OC3OC(CO)C(O)C(O)C3O)C(O)C2O)C(O)CO)CC(=O)[O-])CC(=O)[O-])OC(CO)C(OC2OC(CO)C(O)C(O)C2O)C1O.O.[Gd+3]. The second-order valence-corrected chi connectivity index (χ2v) is 25.3. The second kappa shape index (κ2) is 52.0. The Morgan fingerprint density at radius 1 is 0.423 bits per heavy atom. The van der Waals surface area contributed by atoms with Crippen molar-refractivity contribution in [1.82, 2.24) is 36.0 Å². The van der Waals surface area contributed by atoms with Gasteiger partial charge in [0.25, 0.3) is 11.8 Å². The Balaban J connectivity index is 0.0000209. The van der Waals surface area contributed by atoms with E-state index in [-0.39, 0.29) is 97.8 Å². The van der Waals surface area contributed by atoms with E-state index in [2.05, 4.69) is 31.6 Å². The Morgan fingerprint density at radius 2 is 0.739 bits per heavy atom. The normalized spacial score (nSPS) is 30.6. The molecule has 0 spiro atoms. The number of oxime groups is 2. The van der Waals surface area contributed by atoms with Gasteiger partial charge in [0.2, 0.25) is 11.8 Å². The number of hydrogen-bond acceptors (Lipinski definition) is 46. The van der Waals surface area contributed by atoms with Gasteiger partial charge in [-0.15, -0.1) is 0 Å². The molecule has 0 aromatic carbocycles. The standard InChI is InChI=1S/C59H103N9O41.Gd.H2O/c1-25-41(89)54(108-57-49(97)46(94)44(92)30(19-71)102-57)32(21-73)104-56(25)106-52(28(77)17-69)42(90)26(75)10-64-100-23-36(81)62-4-2-60-34(79)12-67(15-39(85)86)8-6-66(14-38(83)84)7-9-68(16-40(87)88)13-35(80)61-3-5-63-37(82)24-101-65-11-27(76)43(91)53(29(78)18-70)107-59-51(99)48(96)55(33(22-74)105-59)109-58-50(98)47(95)45(93)31(20-72)103-58;;/h10-11,25-33,41-59,69-78,89-99H,2-9,12-24H2,1H3,(H,60,79)(H,61,80)(H,62,81)(H,63,82)(H,83,84)(H,85,86)(H,87,88);;1H2/q;+3;/p-3/b64-10+,65-11+;;/t25?,26?,27?,28?,29?,30?,31?,32?,33?,41?,42-,43-,44?,45?,46?,47?,48?,49?,50?,51?,52+,53+,54?,55?,56?,57?,58?,59?;;/m0../s1. The summed E-state index contributed by atoms with van der Waals surface area (Å²) < 4.78 is 43.9. The third-order valence-corrected chi connectivity index (χ3v) is 17.1. The molecular formula is C59H102GdN9O42. The smallest absolute Gasteiger partial charge is 0.549 e. The molecule has 4 fully saturated rings. The van der Waals surface area contributed by atoms with Crippen LogP contribution in [-0.2, 0) is 81.1 Å². The molecule has 1 radical (unpaired) electrons. The van der Waals surface area contributed by atoms with Crippen LogP contribution in [0.25, 0.3) is 0 Å². The Labute approximate surface area is 662 Å². The Kier molecular flexibility index (Phi) is 48.0. The molecule has 0 saturated carbocycles. The molecule has 4 aliphatic heterocycles. The van der Waals surface area contributed by atoms with Gasteiger partial charge in [0.1, 0.15) is 134 Å². The molecule has 52 heteroatoms. The minimum atomic E-state index is -2.26. The molecule has 0 aliphatic carbocycles. The first-order valence-electron chi connectivity index (χ1n) is 33.8. The van der Waals surface area contributed by atoms with Crippen molar-refractivity contribution < 1.29 is 249 Å². The number of rotatable bonds is 50. The Hall–Kier alpha value is -4.77. The van der Waals surface area contributed by atoms with Crippen molar-refractivity contribution in [3.8, 4) is 0 Å². The molecule has 51 nitrogen and oxygen atoms in total. The predicted octanol–water partition coefficient (Wildman–Crippen LogP) is -23.8. The first kappa shape index (κ1) is 102. The van der Waals surface area contributed by atoms with Crippen LogP contribution in [0.4, 0.5) is 0 Å². The van der Waals surface area contributed by atoms with Crippen molar-refractivity contribution in [1.29, 1.82) is 0 Å². The van der Waals surface area contributed by atoms with E-state index in [0.717, 1.165) is 9.80 Å². The molecule has 0 bridgehead atoms. The molecule has 4 rings (SSSR count). The number of aliphatic carboxylic acids is 3. The van der Waals surface area contributed by atoms with Crippen molar-refractivity contribution in [3.05, 3.63) is 0 Å². The quantitative estimate of drug-likeness (QED) is 0.0153. The number of nitrogens with one attached hydrogen (secondary N) is 4. The number of carbonyl (C=O) groups is 7. The fraction of sp³-hybridized carbons (Fsp3) is 0.847. The van der Waals surface area contributed by atoms with E-state index in [1.165, 1.54) is 11.8 Å². The fourth-order valence-electron chi connectivity index (χ4n) is 11.0. The number of ether oxygens (including phenoxy) is 8. The molecular weight excluding hydrogens is 1660 g/mol. The van der Waals surface area contributed by atoms with Gasteiger partial charge in [0.05, 0.1) is 89.2 Å². The maximum atomic E-state index is 12.9. The summed E-state index contributed by atoms with van der Waals surface area (Å²) in [6, 6.07) is 0. The molecule has 643 valence electrons. The van der Waals surface area contributed by atoms with E-state index in [1.54, 1.807) is 0 Å². The zero-order valence-electron chi connectivity index (χ0n) is 59.3. The summed E-state index contributed by atoms with van der Waals surface area (Å²) in [6.45, 7) is -12.2. The molecule has 4 aliphatic rings. The third-order valence-electron chi connectivity index (χ3n) is 17.1. The Bertz CT molecular complexity index is 2630. The molecule has 27 N–H and O–H groups in total. The van der Waals surface area contributed by atoms with E-state index in [1.807, 2.05) is 0 Å². The van der Waals surface area contributed by atoms with Crippen LogP contribution < -0.4 is 36.6 Å². The summed E-state index contributed by atoms with van der Waals surface area (Å²) in [6.07, 6.45) is -49.3. The minimum Gasteiger partial charge on any atom is -0.549 e. The van der Waals surface area contributed by atoms with Crippen LogP contribution in [0.2, 0.25) is 0 Å². The van der Waals surface area contributed by atoms with Crippen LogP contribution in [0.3, 0.4) is 0 Å².